The van der Waals surface area contributed by atoms with Gasteiger partial charge in [-0.25, -0.2) is 9.97 Å². The van der Waals surface area contributed by atoms with Gasteiger partial charge in [0, 0.05) is 51.4 Å². The normalized spacial score (nSPS) is 22.8. The van der Waals surface area contributed by atoms with E-state index in [0.29, 0.717) is 6.54 Å². The van der Waals surface area contributed by atoms with Crippen molar-refractivity contribution in [3.05, 3.63) is 72.1 Å². The lowest BCUT2D eigenvalue weighted by Gasteiger charge is -2.43. The minimum Gasteiger partial charge on any atom is -0.390 e. The van der Waals surface area contributed by atoms with Crippen LogP contribution in [-0.2, 0) is 17.7 Å². The molecule has 188 valence electrons. The number of hydrogen-bond donors (Lipinski definition) is 2. The quantitative estimate of drug-likeness (QED) is 0.570. The Bertz CT molecular complexity index is 1180. The van der Waals surface area contributed by atoms with Crippen LogP contribution in [0.25, 0.3) is 0 Å². The number of anilines is 4. The second-order valence-corrected chi connectivity index (χ2v) is 9.86. The molecule has 2 saturated heterocycles. The summed E-state index contributed by atoms with van der Waals surface area (Å²) in [6, 6.07) is 19.2. The zero-order valence-corrected chi connectivity index (χ0v) is 20.6. The Morgan fingerprint density at radius 1 is 0.889 bits per heavy atom. The van der Waals surface area contributed by atoms with Crippen LogP contribution in [0.15, 0.2) is 60.9 Å². The first-order valence-electron chi connectivity index (χ1n) is 13.0. The van der Waals surface area contributed by atoms with Crippen molar-refractivity contribution >= 4 is 23.0 Å². The minimum absolute atomic E-state index is 0.175. The van der Waals surface area contributed by atoms with Gasteiger partial charge in [-0.15, -0.1) is 0 Å². The number of benzene rings is 2. The largest absolute Gasteiger partial charge is 0.390 e. The smallest absolute Gasteiger partial charge is 0.135 e. The van der Waals surface area contributed by atoms with Gasteiger partial charge in [0.2, 0.25) is 0 Å². The van der Waals surface area contributed by atoms with Gasteiger partial charge in [0.15, 0.2) is 0 Å². The van der Waals surface area contributed by atoms with Gasteiger partial charge in [-0.1, -0.05) is 36.4 Å². The molecule has 0 saturated carbocycles. The number of rotatable bonds is 5. The molecule has 8 nitrogen and oxygen atoms in total. The number of para-hydroxylation sites is 2. The van der Waals surface area contributed by atoms with Crippen molar-refractivity contribution in [3.63, 3.8) is 0 Å². The number of aliphatic hydroxyl groups is 1. The number of piperidine rings is 1. The van der Waals surface area contributed by atoms with Crippen LogP contribution in [0.1, 0.15) is 17.5 Å². The van der Waals surface area contributed by atoms with Gasteiger partial charge in [-0.2, -0.15) is 0 Å². The molecule has 2 atom stereocenters. The maximum atomic E-state index is 11.1. The number of aliphatic hydroxyl groups excluding tert-OH is 1. The number of fused-ring (bicyclic) bond motifs is 1. The minimum atomic E-state index is -0.419. The lowest BCUT2D eigenvalue weighted by Crippen LogP contribution is -2.55. The Balaban J connectivity index is 1.12. The Morgan fingerprint density at radius 2 is 1.69 bits per heavy atom. The summed E-state index contributed by atoms with van der Waals surface area (Å²) >= 11 is 0. The van der Waals surface area contributed by atoms with Crippen LogP contribution in [-0.4, -0.2) is 78.1 Å². The molecule has 1 aromatic heterocycles. The first-order chi connectivity index (χ1) is 17.7. The molecule has 2 aromatic carbocycles. The average molecular weight is 487 g/mol. The summed E-state index contributed by atoms with van der Waals surface area (Å²) < 4.78 is 5.52. The summed E-state index contributed by atoms with van der Waals surface area (Å²) in [6.45, 7) is 6.60. The molecule has 1 unspecified atom stereocenters. The Morgan fingerprint density at radius 3 is 2.56 bits per heavy atom. The second-order valence-electron chi connectivity index (χ2n) is 9.86. The van der Waals surface area contributed by atoms with Crippen molar-refractivity contribution in [3.8, 4) is 0 Å². The van der Waals surface area contributed by atoms with Crippen LogP contribution >= 0.6 is 0 Å². The SMILES string of the molecule is O[C@H]1CN(c2cc(Nc3ccccc3N3CCOCC3)ncn2)CCC1N1CCc2ccccc2C1. The maximum Gasteiger partial charge on any atom is 0.135 e. The van der Waals surface area contributed by atoms with Crippen molar-refractivity contribution in [1.29, 1.82) is 0 Å². The Hall–Kier alpha value is -3.20. The molecule has 0 aliphatic carbocycles. The van der Waals surface area contributed by atoms with E-state index >= 15 is 0 Å². The van der Waals surface area contributed by atoms with Crippen molar-refractivity contribution in [2.75, 3.05) is 61.1 Å². The van der Waals surface area contributed by atoms with Gasteiger partial charge in [-0.05, 0) is 36.1 Å². The van der Waals surface area contributed by atoms with Crippen LogP contribution in [0.5, 0.6) is 0 Å². The van der Waals surface area contributed by atoms with Gasteiger partial charge in [0.05, 0.1) is 30.7 Å². The fourth-order valence-corrected chi connectivity index (χ4v) is 5.74. The highest BCUT2D eigenvalue weighted by Crippen LogP contribution is 2.31. The molecular weight excluding hydrogens is 452 g/mol. The van der Waals surface area contributed by atoms with E-state index in [1.807, 2.05) is 12.1 Å². The number of β-amino-alcohol motifs (C(OH)–C–C–N with tert-alkyl or cyclic N) is 1. The first-order valence-corrected chi connectivity index (χ1v) is 13.0. The van der Waals surface area contributed by atoms with Crippen LogP contribution < -0.4 is 15.1 Å². The van der Waals surface area contributed by atoms with Crippen molar-refractivity contribution in [1.82, 2.24) is 14.9 Å². The molecule has 2 N–H and O–H groups in total. The fourth-order valence-electron chi connectivity index (χ4n) is 5.74. The van der Waals surface area contributed by atoms with Gasteiger partial charge in [0.25, 0.3) is 0 Å². The third kappa shape index (κ3) is 4.89. The van der Waals surface area contributed by atoms with Gasteiger partial charge in [0.1, 0.15) is 18.0 Å². The molecule has 4 heterocycles. The topological polar surface area (TPSA) is 77.0 Å². The number of aromatic nitrogens is 2. The predicted molar refractivity (Wildman–Crippen MR) is 142 cm³/mol. The molecule has 0 spiro atoms. The highest BCUT2D eigenvalue weighted by Gasteiger charge is 2.34. The Labute approximate surface area is 212 Å². The first kappa shape index (κ1) is 23.2. The molecule has 8 heteroatoms. The molecule has 2 fully saturated rings. The lowest BCUT2D eigenvalue weighted by molar-refractivity contribution is 0.0293. The van der Waals surface area contributed by atoms with E-state index in [4.69, 9.17) is 4.74 Å². The van der Waals surface area contributed by atoms with Crippen LogP contribution in [0.2, 0.25) is 0 Å². The summed E-state index contributed by atoms with van der Waals surface area (Å²) in [5, 5.41) is 14.6. The highest BCUT2D eigenvalue weighted by atomic mass is 16.5. The van der Waals surface area contributed by atoms with Crippen molar-refractivity contribution < 1.29 is 9.84 Å². The molecule has 0 radical (unpaired) electrons. The zero-order valence-electron chi connectivity index (χ0n) is 20.6. The standard InChI is InChI=1S/C28H34N6O2/c35-26-19-34(12-10-25(26)33-11-9-21-5-1-2-6-22(21)18-33)28-17-27(29-20-30-28)31-23-7-3-4-8-24(23)32-13-15-36-16-14-32/h1-8,17,20,25-26,35H,9-16,18-19H2,(H,29,30,31)/t25?,26-/m0/s1. The summed E-state index contributed by atoms with van der Waals surface area (Å²) in [5.41, 5.74) is 5.01. The van der Waals surface area contributed by atoms with Crippen LogP contribution in [0, 0.1) is 0 Å². The van der Waals surface area contributed by atoms with Gasteiger partial charge >= 0.3 is 0 Å². The molecule has 3 aromatic rings. The lowest BCUT2D eigenvalue weighted by atomic mass is 9.94. The average Bonchev–Trinajstić information content (AvgIpc) is 2.94. The summed E-state index contributed by atoms with van der Waals surface area (Å²) in [6.07, 6.45) is 3.15. The number of nitrogens with one attached hydrogen (secondary N) is 1. The van der Waals surface area contributed by atoms with E-state index in [0.717, 1.165) is 81.8 Å². The molecular formula is C28H34N6O2. The molecule has 3 aliphatic heterocycles. The number of nitrogens with zero attached hydrogens (tertiary/aromatic N) is 5. The molecule has 36 heavy (non-hydrogen) atoms. The van der Waals surface area contributed by atoms with Crippen LogP contribution in [0.4, 0.5) is 23.0 Å². The number of ether oxygens (including phenoxy) is 1. The number of morpholine rings is 1. The number of hydrogen-bond acceptors (Lipinski definition) is 8. The third-order valence-corrected chi connectivity index (χ3v) is 7.67. The highest BCUT2D eigenvalue weighted by molar-refractivity contribution is 5.75. The van der Waals surface area contributed by atoms with E-state index in [1.165, 1.54) is 11.1 Å². The third-order valence-electron chi connectivity index (χ3n) is 7.67. The molecule has 0 bridgehead atoms. The monoisotopic (exact) mass is 486 g/mol. The molecule has 6 rings (SSSR count). The zero-order chi connectivity index (χ0) is 24.3. The summed E-state index contributed by atoms with van der Waals surface area (Å²) in [5.74, 6) is 1.60. The fraction of sp³-hybridized carbons (Fsp3) is 0.429. The van der Waals surface area contributed by atoms with E-state index in [2.05, 4.69) is 72.4 Å². The second kappa shape index (κ2) is 10.4. The predicted octanol–water partition coefficient (Wildman–Crippen LogP) is 3.05. The summed E-state index contributed by atoms with van der Waals surface area (Å²) in [7, 11) is 0. The Kier molecular flexibility index (Phi) is 6.72. The van der Waals surface area contributed by atoms with Crippen molar-refractivity contribution in [2.24, 2.45) is 0 Å². The summed E-state index contributed by atoms with van der Waals surface area (Å²) in [4.78, 5) is 16.0. The van der Waals surface area contributed by atoms with Gasteiger partial charge in [-0.3, -0.25) is 4.90 Å². The van der Waals surface area contributed by atoms with E-state index in [1.54, 1.807) is 6.33 Å². The molecule has 0 amide bonds. The van der Waals surface area contributed by atoms with E-state index in [9.17, 15) is 5.11 Å². The van der Waals surface area contributed by atoms with E-state index < -0.39 is 6.10 Å². The molecule has 3 aliphatic rings. The van der Waals surface area contributed by atoms with Crippen LogP contribution in [0.3, 0.4) is 0 Å². The maximum absolute atomic E-state index is 11.1. The van der Waals surface area contributed by atoms with E-state index in [-0.39, 0.29) is 6.04 Å². The van der Waals surface area contributed by atoms with Gasteiger partial charge < -0.3 is 25.0 Å². The van der Waals surface area contributed by atoms with Crippen molar-refractivity contribution in [2.45, 2.75) is 31.5 Å².